The highest BCUT2D eigenvalue weighted by Gasteiger charge is 2.14. The molecule has 3 rings (SSSR count). The Morgan fingerprint density at radius 2 is 1.67 bits per heavy atom. The van der Waals surface area contributed by atoms with E-state index in [1.807, 2.05) is 32.0 Å². The summed E-state index contributed by atoms with van der Waals surface area (Å²) in [5.41, 5.74) is 10.5. The second kappa shape index (κ2) is 10.4. The number of hydrogen-bond donors (Lipinski definition) is 3. The number of amides is 1. The summed E-state index contributed by atoms with van der Waals surface area (Å²) in [6, 6.07) is 11.0. The van der Waals surface area contributed by atoms with Gasteiger partial charge in [0.25, 0.3) is 0 Å². The lowest BCUT2D eigenvalue weighted by atomic mass is 10.1. The Balaban J connectivity index is 1.84. The van der Waals surface area contributed by atoms with Crippen molar-refractivity contribution < 1.29 is 19.0 Å². The molecule has 0 radical (unpaired) electrons. The van der Waals surface area contributed by atoms with Gasteiger partial charge in [-0.2, -0.15) is 0 Å². The van der Waals surface area contributed by atoms with Crippen molar-refractivity contribution in [3.8, 4) is 17.2 Å². The minimum atomic E-state index is -0.294. The van der Waals surface area contributed by atoms with Gasteiger partial charge in [0.1, 0.15) is 5.82 Å². The van der Waals surface area contributed by atoms with E-state index in [1.54, 1.807) is 51.8 Å². The van der Waals surface area contributed by atoms with E-state index < -0.39 is 0 Å². The lowest BCUT2D eigenvalue weighted by Crippen LogP contribution is -2.11. The number of carbonyl (C=O) groups is 1. The number of nitrogens with zero attached hydrogens (tertiary/aromatic N) is 1. The molecule has 2 aromatic carbocycles. The first-order chi connectivity index (χ1) is 15.9. The van der Waals surface area contributed by atoms with Crippen LogP contribution in [-0.2, 0) is 4.79 Å². The van der Waals surface area contributed by atoms with Gasteiger partial charge in [-0.3, -0.25) is 4.79 Å². The molecular formula is C25H28N4O4. The van der Waals surface area contributed by atoms with Crippen LogP contribution in [0.25, 0.3) is 6.08 Å². The highest BCUT2D eigenvalue weighted by atomic mass is 16.5. The Labute approximate surface area is 193 Å². The van der Waals surface area contributed by atoms with Crippen LogP contribution < -0.4 is 30.6 Å². The second-order valence-corrected chi connectivity index (χ2v) is 7.29. The normalized spacial score (nSPS) is 10.7. The van der Waals surface area contributed by atoms with Gasteiger partial charge < -0.3 is 30.6 Å². The van der Waals surface area contributed by atoms with Crippen LogP contribution in [0, 0.1) is 13.8 Å². The first-order valence-corrected chi connectivity index (χ1v) is 10.2. The minimum absolute atomic E-state index is 0.294. The molecule has 0 saturated carbocycles. The number of nitrogen functional groups attached to an aromatic ring is 1. The van der Waals surface area contributed by atoms with Crippen molar-refractivity contribution in [3.63, 3.8) is 0 Å². The number of aromatic nitrogens is 1. The number of rotatable bonds is 8. The van der Waals surface area contributed by atoms with Gasteiger partial charge >= 0.3 is 0 Å². The third kappa shape index (κ3) is 5.35. The average molecular weight is 449 g/mol. The summed E-state index contributed by atoms with van der Waals surface area (Å²) in [6.45, 7) is 3.80. The van der Waals surface area contributed by atoms with Crippen molar-refractivity contribution in [1.82, 2.24) is 4.98 Å². The van der Waals surface area contributed by atoms with Gasteiger partial charge in [-0.25, -0.2) is 4.98 Å². The van der Waals surface area contributed by atoms with Gasteiger partial charge in [0.2, 0.25) is 11.7 Å². The van der Waals surface area contributed by atoms with Gasteiger partial charge in [0.05, 0.1) is 32.7 Å². The van der Waals surface area contributed by atoms with E-state index in [1.165, 1.54) is 6.08 Å². The SMILES string of the molecule is COc1cc(Nc2ncccc2/C=C/C(=O)Nc2c(C)ccc(C)c2N)cc(OC)c1OC. The number of benzene rings is 2. The van der Waals surface area contributed by atoms with Gasteiger partial charge in [-0.1, -0.05) is 12.1 Å². The largest absolute Gasteiger partial charge is 0.493 e. The van der Waals surface area contributed by atoms with Crippen molar-refractivity contribution >= 4 is 34.9 Å². The highest BCUT2D eigenvalue weighted by Crippen LogP contribution is 2.40. The van der Waals surface area contributed by atoms with Crippen LogP contribution in [0.1, 0.15) is 16.7 Å². The van der Waals surface area contributed by atoms with Crippen molar-refractivity contribution in [2.75, 3.05) is 37.7 Å². The molecular weight excluding hydrogens is 420 g/mol. The second-order valence-electron chi connectivity index (χ2n) is 7.29. The molecule has 1 aromatic heterocycles. The van der Waals surface area contributed by atoms with Crippen LogP contribution in [0.15, 0.2) is 48.7 Å². The van der Waals surface area contributed by atoms with Gasteiger partial charge in [0, 0.05) is 35.7 Å². The Kier molecular flexibility index (Phi) is 7.40. The molecule has 0 bridgehead atoms. The van der Waals surface area contributed by atoms with E-state index >= 15 is 0 Å². The maximum absolute atomic E-state index is 12.6. The summed E-state index contributed by atoms with van der Waals surface area (Å²) in [4.78, 5) is 17.0. The third-order valence-corrected chi connectivity index (χ3v) is 5.10. The number of aryl methyl sites for hydroxylation is 2. The molecule has 1 heterocycles. The summed E-state index contributed by atoms with van der Waals surface area (Å²) in [5, 5.41) is 6.11. The highest BCUT2D eigenvalue weighted by molar-refractivity contribution is 6.04. The number of hydrogen-bond acceptors (Lipinski definition) is 7. The molecule has 0 aliphatic carbocycles. The first-order valence-electron chi connectivity index (χ1n) is 10.2. The smallest absolute Gasteiger partial charge is 0.248 e. The van der Waals surface area contributed by atoms with Gasteiger partial charge in [0.15, 0.2) is 11.5 Å². The number of carbonyl (C=O) groups excluding carboxylic acids is 1. The molecule has 8 nitrogen and oxygen atoms in total. The zero-order valence-corrected chi connectivity index (χ0v) is 19.4. The van der Waals surface area contributed by atoms with Crippen LogP contribution in [0.3, 0.4) is 0 Å². The van der Waals surface area contributed by atoms with Gasteiger partial charge in [-0.15, -0.1) is 0 Å². The van der Waals surface area contributed by atoms with Crippen molar-refractivity contribution in [3.05, 3.63) is 65.4 Å². The van der Waals surface area contributed by atoms with E-state index in [0.29, 0.717) is 40.1 Å². The number of nitrogens with one attached hydrogen (secondary N) is 2. The van der Waals surface area contributed by atoms with Crippen LogP contribution in [0.5, 0.6) is 17.2 Å². The fraction of sp³-hybridized carbons (Fsp3) is 0.200. The summed E-state index contributed by atoms with van der Waals surface area (Å²) in [5.74, 6) is 1.78. The fourth-order valence-corrected chi connectivity index (χ4v) is 3.28. The van der Waals surface area contributed by atoms with Gasteiger partial charge in [-0.05, 0) is 43.2 Å². The molecule has 0 aliphatic heterocycles. The molecule has 0 atom stereocenters. The molecule has 0 aliphatic rings. The number of methoxy groups -OCH3 is 3. The van der Waals surface area contributed by atoms with Crippen molar-refractivity contribution in [1.29, 1.82) is 0 Å². The zero-order valence-electron chi connectivity index (χ0n) is 19.4. The topological polar surface area (TPSA) is 108 Å². The summed E-state index contributed by atoms with van der Waals surface area (Å²) < 4.78 is 16.2. The lowest BCUT2D eigenvalue weighted by Gasteiger charge is -2.15. The quantitative estimate of drug-likeness (QED) is 0.339. The molecule has 4 N–H and O–H groups in total. The Morgan fingerprint density at radius 1 is 1.00 bits per heavy atom. The molecule has 0 saturated heterocycles. The van der Waals surface area contributed by atoms with E-state index in [2.05, 4.69) is 15.6 Å². The maximum Gasteiger partial charge on any atom is 0.248 e. The Hall–Kier alpha value is -4.20. The molecule has 1 amide bonds. The monoisotopic (exact) mass is 448 g/mol. The molecule has 33 heavy (non-hydrogen) atoms. The van der Waals surface area contributed by atoms with Crippen LogP contribution in [0.2, 0.25) is 0 Å². The van der Waals surface area contributed by atoms with E-state index in [9.17, 15) is 4.79 Å². The average Bonchev–Trinajstić information content (AvgIpc) is 2.83. The zero-order chi connectivity index (χ0) is 24.0. The molecule has 172 valence electrons. The number of pyridine rings is 1. The predicted octanol–water partition coefficient (Wildman–Crippen LogP) is 4.70. The predicted molar refractivity (Wildman–Crippen MR) is 132 cm³/mol. The van der Waals surface area contributed by atoms with Crippen molar-refractivity contribution in [2.24, 2.45) is 0 Å². The standard InChI is InChI=1S/C25H28N4O4/c1-15-8-9-16(2)23(22(15)26)29-21(30)11-10-17-7-6-12-27-25(17)28-18-13-19(31-3)24(33-5)20(14-18)32-4/h6-14H,26H2,1-5H3,(H,27,28)(H,29,30)/b11-10+. The molecule has 0 fully saturated rings. The number of ether oxygens (including phenoxy) is 3. The Bertz CT molecular complexity index is 1170. The Morgan fingerprint density at radius 3 is 2.30 bits per heavy atom. The van der Waals surface area contributed by atoms with E-state index in [0.717, 1.165) is 16.7 Å². The van der Waals surface area contributed by atoms with Crippen LogP contribution in [-0.4, -0.2) is 32.2 Å². The maximum atomic E-state index is 12.6. The van der Waals surface area contributed by atoms with E-state index in [-0.39, 0.29) is 5.91 Å². The molecule has 0 spiro atoms. The lowest BCUT2D eigenvalue weighted by molar-refractivity contribution is -0.111. The molecule has 0 unspecified atom stereocenters. The summed E-state index contributed by atoms with van der Waals surface area (Å²) >= 11 is 0. The molecule has 8 heteroatoms. The summed E-state index contributed by atoms with van der Waals surface area (Å²) in [7, 11) is 4.65. The molecule has 3 aromatic rings. The first kappa shape index (κ1) is 23.5. The number of anilines is 4. The fourth-order valence-electron chi connectivity index (χ4n) is 3.28. The van der Waals surface area contributed by atoms with Crippen LogP contribution in [0.4, 0.5) is 22.9 Å². The van der Waals surface area contributed by atoms with Crippen LogP contribution >= 0.6 is 0 Å². The minimum Gasteiger partial charge on any atom is -0.493 e. The van der Waals surface area contributed by atoms with Crippen molar-refractivity contribution in [2.45, 2.75) is 13.8 Å². The summed E-state index contributed by atoms with van der Waals surface area (Å²) in [6.07, 6.45) is 4.79. The van der Waals surface area contributed by atoms with E-state index in [4.69, 9.17) is 19.9 Å². The third-order valence-electron chi connectivity index (χ3n) is 5.10. The number of nitrogens with two attached hydrogens (primary N) is 1.